The summed E-state index contributed by atoms with van der Waals surface area (Å²) in [5, 5.41) is 0. The van der Waals surface area contributed by atoms with Crippen LogP contribution in [0, 0.1) is 6.92 Å². The highest BCUT2D eigenvalue weighted by Crippen LogP contribution is 2.27. The first-order valence-corrected chi connectivity index (χ1v) is 5.44. The van der Waals surface area contributed by atoms with Crippen molar-refractivity contribution < 1.29 is 9.53 Å². The van der Waals surface area contributed by atoms with Gasteiger partial charge in [0, 0.05) is 18.8 Å². The number of hydrogen-bond donors (Lipinski definition) is 0. The molecule has 1 heterocycles. The Labute approximate surface area is 101 Å². The fourth-order valence-electron chi connectivity index (χ4n) is 1.97. The minimum absolute atomic E-state index is 0.309. The molecule has 0 atom stereocenters. The van der Waals surface area contributed by atoms with Gasteiger partial charge in [0.25, 0.3) is 0 Å². The van der Waals surface area contributed by atoms with Crippen LogP contribution in [-0.4, -0.2) is 17.6 Å². The number of benzene rings is 1. The van der Waals surface area contributed by atoms with Crippen molar-refractivity contribution in [3.63, 3.8) is 0 Å². The van der Waals surface area contributed by atoms with Gasteiger partial charge in [0.1, 0.15) is 5.69 Å². The maximum absolute atomic E-state index is 11.8. The molecule has 1 aromatic heterocycles. The maximum Gasteiger partial charge on any atom is 0.355 e. The second kappa shape index (κ2) is 4.45. The Morgan fingerprint density at radius 3 is 2.53 bits per heavy atom. The molecular weight excluding hydrogens is 214 g/mol. The number of esters is 1. The number of methoxy groups -OCH3 is 1. The predicted molar refractivity (Wildman–Crippen MR) is 66.9 cm³/mol. The van der Waals surface area contributed by atoms with Crippen molar-refractivity contribution in [1.29, 1.82) is 0 Å². The van der Waals surface area contributed by atoms with Crippen molar-refractivity contribution in [3.05, 3.63) is 47.8 Å². The van der Waals surface area contributed by atoms with E-state index in [9.17, 15) is 4.79 Å². The number of ether oxygens (including phenoxy) is 1. The highest BCUT2D eigenvalue weighted by atomic mass is 16.5. The van der Waals surface area contributed by atoms with Gasteiger partial charge in [0.05, 0.1) is 7.11 Å². The first-order chi connectivity index (χ1) is 8.15. The molecule has 0 aliphatic heterocycles. The van der Waals surface area contributed by atoms with Crippen molar-refractivity contribution in [1.82, 2.24) is 4.57 Å². The van der Waals surface area contributed by atoms with Gasteiger partial charge in [-0.05, 0) is 24.1 Å². The first kappa shape index (κ1) is 11.5. The van der Waals surface area contributed by atoms with Crippen LogP contribution in [0.1, 0.15) is 16.1 Å². The number of aryl methyl sites for hydroxylation is 2. The molecule has 0 aliphatic rings. The Morgan fingerprint density at radius 2 is 1.88 bits per heavy atom. The summed E-state index contributed by atoms with van der Waals surface area (Å²) >= 11 is 0. The van der Waals surface area contributed by atoms with Gasteiger partial charge in [-0.25, -0.2) is 4.79 Å². The van der Waals surface area contributed by atoms with Crippen LogP contribution in [0.25, 0.3) is 11.1 Å². The second-order valence-electron chi connectivity index (χ2n) is 4.00. The van der Waals surface area contributed by atoms with E-state index in [4.69, 9.17) is 4.74 Å². The summed E-state index contributed by atoms with van der Waals surface area (Å²) < 4.78 is 6.60. The number of aromatic nitrogens is 1. The van der Waals surface area contributed by atoms with Crippen molar-refractivity contribution in [2.24, 2.45) is 7.05 Å². The number of carbonyl (C=O) groups excluding carboxylic acids is 1. The van der Waals surface area contributed by atoms with E-state index >= 15 is 0 Å². The van der Waals surface area contributed by atoms with E-state index in [1.54, 1.807) is 4.57 Å². The van der Waals surface area contributed by atoms with E-state index in [1.807, 2.05) is 50.5 Å². The van der Waals surface area contributed by atoms with Crippen molar-refractivity contribution >= 4 is 5.97 Å². The molecule has 0 bridgehead atoms. The van der Waals surface area contributed by atoms with E-state index in [0.29, 0.717) is 5.69 Å². The molecule has 88 valence electrons. The third-order valence-electron chi connectivity index (χ3n) is 2.89. The maximum atomic E-state index is 11.8. The lowest BCUT2D eigenvalue weighted by molar-refractivity contribution is 0.0591. The van der Waals surface area contributed by atoms with Crippen LogP contribution in [0.15, 0.2) is 36.5 Å². The summed E-state index contributed by atoms with van der Waals surface area (Å²) in [6.45, 7) is 2.03. The van der Waals surface area contributed by atoms with Gasteiger partial charge in [-0.3, -0.25) is 0 Å². The normalized spacial score (nSPS) is 10.3. The minimum Gasteiger partial charge on any atom is -0.464 e. The van der Waals surface area contributed by atoms with Crippen LogP contribution >= 0.6 is 0 Å². The summed E-state index contributed by atoms with van der Waals surface area (Å²) in [5.74, 6) is -0.309. The standard InChI is InChI=1S/C14H15NO2/c1-10-6-4-5-7-11(10)12-8-9-15(2)13(12)14(16)17-3/h4-9H,1-3H3. The van der Waals surface area contributed by atoms with E-state index in [-0.39, 0.29) is 5.97 Å². The van der Waals surface area contributed by atoms with Gasteiger partial charge in [-0.15, -0.1) is 0 Å². The lowest BCUT2D eigenvalue weighted by atomic mass is 10.0. The molecule has 0 amide bonds. The fraction of sp³-hybridized carbons (Fsp3) is 0.214. The highest BCUT2D eigenvalue weighted by Gasteiger charge is 2.17. The molecule has 0 fully saturated rings. The molecule has 0 spiro atoms. The van der Waals surface area contributed by atoms with Gasteiger partial charge < -0.3 is 9.30 Å². The summed E-state index contributed by atoms with van der Waals surface area (Å²) in [5.41, 5.74) is 3.71. The lowest BCUT2D eigenvalue weighted by Gasteiger charge is -2.08. The summed E-state index contributed by atoms with van der Waals surface area (Å²) in [4.78, 5) is 11.8. The average molecular weight is 229 g/mol. The largest absolute Gasteiger partial charge is 0.464 e. The van der Waals surface area contributed by atoms with Gasteiger partial charge in [0.15, 0.2) is 0 Å². The fourth-order valence-corrected chi connectivity index (χ4v) is 1.97. The zero-order valence-corrected chi connectivity index (χ0v) is 10.2. The minimum atomic E-state index is -0.309. The number of nitrogens with zero attached hydrogens (tertiary/aromatic N) is 1. The Hall–Kier alpha value is -2.03. The van der Waals surface area contributed by atoms with Crippen LogP contribution < -0.4 is 0 Å². The molecule has 2 aromatic rings. The Bertz CT molecular complexity index is 555. The van der Waals surface area contributed by atoms with Gasteiger partial charge in [0.2, 0.25) is 0 Å². The third-order valence-corrected chi connectivity index (χ3v) is 2.89. The lowest BCUT2D eigenvalue weighted by Crippen LogP contribution is -2.08. The van der Waals surface area contributed by atoms with E-state index in [2.05, 4.69) is 0 Å². The van der Waals surface area contributed by atoms with Crippen LogP contribution in [0.5, 0.6) is 0 Å². The third kappa shape index (κ3) is 1.96. The molecule has 0 aliphatic carbocycles. The van der Waals surface area contributed by atoms with Gasteiger partial charge in [-0.2, -0.15) is 0 Å². The van der Waals surface area contributed by atoms with Gasteiger partial charge >= 0.3 is 5.97 Å². The molecule has 3 heteroatoms. The van der Waals surface area contributed by atoms with Crippen molar-refractivity contribution in [2.45, 2.75) is 6.92 Å². The van der Waals surface area contributed by atoms with Gasteiger partial charge in [-0.1, -0.05) is 24.3 Å². The Kier molecular flexibility index (Phi) is 3.00. The summed E-state index contributed by atoms with van der Waals surface area (Å²) in [6.07, 6.45) is 1.87. The average Bonchev–Trinajstić information content (AvgIpc) is 2.71. The highest BCUT2D eigenvalue weighted by molar-refractivity contribution is 5.96. The van der Waals surface area contributed by atoms with Crippen LogP contribution in [0.2, 0.25) is 0 Å². The summed E-state index contributed by atoms with van der Waals surface area (Å²) in [7, 11) is 3.24. The molecule has 0 N–H and O–H groups in total. The Morgan fingerprint density at radius 1 is 1.18 bits per heavy atom. The molecule has 0 unspecified atom stereocenters. The molecule has 17 heavy (non-hydrogen) atoms. The summed E-state index contributed by atoms with van der Waals surface area (Å²) in [6, 6.07) is 9.94. The predicted octanol–water partition coefficient (Wildman–Crippen LogP) is 2.79. The van der Waals surface area contributed by atoms with Crippen LogP contribution in [-0.2, 0) is 11.8 Å². The van der Waals surface area contributed by atoms with Crippen LogP contribution in [0.3, 0.4) is 0 Å². The van der Waals surface area contributed by atoms with E-state index < -0.39 is 0 Å². The molecule has 3 nitrogen and oxygen atoms in total. The monoisotopic (exact) mass is 229 g/mol. The zero-order chi connectivity index (χ0) is 12.4. The smallest absolute Gasteiger partial charge is 0.355 e. The quantitative estimate of drug-likeness (QED) is 0.741. The topological polar surface area (TPSA) is 31.2 Å². The molecule has 1 aromatic carbocycles. The number of rotatable bonds is 2. The van der Waals surface area contributed by atoms with E-state index in [1.165, 1.54) is 7.11 Å². The van der Waals surface area contributed by atoms with Crippen molar-refractivity contribution in [3.8, 4) is 11.1 Å². The molecule has 0 saturated heterocycles. The Balaban J connectivity index is 2.61. The molecule has 0 radical (unpaired) electrons. The molecular formula is C14H15NO2. The first-order valence-electron chi connectivity index (χ1n) is 5.44. The second-order valence-corrected chi connectivity index (χ2v) is 4.00. The van der Waals surface area contributed by atoms with Crippen LogP contribution in [0.4, 0.5) is 0 Å². The van der Waals surface area contributed by atoms with Crippen molar-refractivity contribution in [2.75, 3.05) is 7.11 Å². The molecule has 2 rings (SSSR count). The zero-order valence-electron chi connectivity index (χ0n) is 10.2. The molecule has 0 saturated carbocycles. The SMILES string of the molecule is COC(=O)c1c(-c2ccccc2C)ccn1C. The number of hydrogen-bond acceptors (Lipinski definition) is 2. The number of carbonyl (C=O) groups is 1. The van der Waals surface area contributed by atoms with E-state index in [0.717, 1.165) is 16.7 Å².